The van der Waals surface area contributed by atoms with Crippen LogP contribution in [0.1, 0.15) is 17.2 Å². The van der Waals surface area contributed by atoms with E-state index in [2.05, 4.69) is 4.98 Å². The molecular weight excluding hydrogens is 434 g/mol. The molecule has 1 N–H and O–H groups in total. The van der Waals surface area contributed by atoms with Gasteiger partial charge in [-0.1, -0.05) is 0 Å². The molecule has 1 aliphatic rings. The first kappa shape index (κ1) is 21.9. The summed E-state index contributed by atoms with van der Waals surface area (Å²) < 4.78 is 38.0. The molecule has 0 saturated carbocycles. The van der Waals surface area contributed by atoms with Gasteiger partial charge in [0.25, 0.3) is 11.7 Å². The molecule has 4 rings (SSSR count). The number of aliphatic hydroxyl groups is 1. The van der Waals surface area contributed by atoms with Gasteiger partial charge in [-0.2, -0.15) is 0 Å². The van der Waals surface area contributed by atoms with E-state index in [-0.39, 0.29) is 22.6 Å². The average Bonchev–Trinajstić information content (AvgIpc) is 3.11. The van der Waals surface area contributed by atoms with Gasteiger partial charge in [-0.3, -0.25) is 19.5 Å². The van der Waals surface area contributed by atoms with Crippen molar-refractivity contribution in [2.24, 2.45) is 0 Å². The third-order valence-electron chi connectivity index (χ3n) is 5.31. The number of anilines is 1. The second kappa shape index (κ2) is 8.70. The normalized spacial score (nSPS) is 17.3. The molecule has 168 valence electrons. The summed E-state index contributed by atoms with van der Waals surface area (Å²) in [5.74, 6) is -4.09. The molecule has 3 aromatic rings. The maximum absolute atomic E-state index is 14.0. The summed E-state index contributed by atoms with van der Waals surface area (Å²) in [6.07, 6.45) is 2.91. The monoisotopic (exact) mass is 452 g/mol. The molecule has 0 aliphatic carbocycles. The topological polar surface area (TPSA) is 89.0 Å². The van der Waals surface area contributed by atoms with Crippen LogP contribution in [0.2, 0.25) is 0 Å². The molecule has 2 aromatic carbocycles. The highest BCUT2D eigenvalue weighted by molar-refractivity contribution is 6.51. The Balaban J connectivity index is 1.96. The third kappa shape index (κ3) is 3.78. The van der Waals surface area contributed by atoms with Gasteiger partial charge in [-0.25, -0.2) is 8.78 Å². The summed E-state index contributed by atoms with van der Waals surface area (Å²) in [5.41, 5.74) is 0.307. The van der Waals surface area contributed by atoms with Crippen LogP contribution in [0.3, 0.4) is 0 Å². The highest BCUT2D eigenvalue weighted by Gasteiger charge is 2.47. The van der Waals surface area contributed by atoms with Crippen LogP contribution >= 0.6 is 0 Å². The number of Topliss-reactive ketones (excluding diaryl/α,β-unsaturated/α-hetero) is 1. The highest BCUT2D eigenvalue weighted by Crippen LogP contribution is 2.43. The molecule has 1 fully saturated rings. The molecule has 1 atom stereocenters. The number of benzene rings is 2. The van der Waals surface area contributed by atoms with Crippen LogP contribution in [0, 0.1) is 11.6 Å². The van der Waals surface area contributed by atoms with Crippen molar-refractivity contribution in [1.82, 2.24) is 4.98 Å². The number of methoxy groups -OCH3 is 2. The summed E-state index contributed by atoms with van der Waals surface area (Å²) in [4.78, 5) is 31.1. The van der Waals surface area contributed by atoms with Crippen LogP contribution in [0.4, 0.5) is 14.5 Å². The molecule has 9 heteroatoms. The number of ketones is 1. The second-order valence-corrected chi connectivity index (χ2v) is 7.11. The lowest BCUT2D eigenvalue weighted by atomic mass is 9.95. The molecule has 1 amide bonds. The van der Waals surface area contributed by atoms with Gasteiger partial charge in [0.2, 0.25) is 0 Å². The number of ether oxygens (including phenoxy) is 2. The number of nitrogens with zero attached hydrogens (tertiary/aromatic N) is 2. The van der Waals surface area contributed by atoms with Crippen molar-refractivity contribution >= 4 is 23.1 Å². The van der Waals surface area contributed by atoms with Crippen molar-refractivity contribution in [2.75, 3.05) is 19.1 Å². The first-order chi connectivity index (χ1) is 15.9. The SMILES string of the molecule is COc1ccc(/C(O)=C2/C(=O)C(=O)N(c3ccc(F)c(F)c3)C2c2ccncc2)c(OC)c1. The summed E-state index contributed by atoms with van der Waals surface area (Å²) in [5, 5.41) is 11.2. The molecule has 0 spiro atoms. The third-order valence-corrected chi connectivity index (χ3v) is 5.31. The van der Waals surface area contributed by atoms with Gasteiger partial charge in [-0.05, 0) is 42.0 Å². The van der Waals surface area contributed by atoms with Gasteiger partial charge in [0, 0.05) is 30.2 Å². The first-order valence-corrected chi connectivity index (χ1v) is 9.75. The Morgan fingerprint density at radius 1 is 0.970 bits per heavy atom. The van der Waals surface area contributed by atoms with Crippen LogP contribution in [0.15, 0.2) is 66.5 Å². The fraction of sp³-hybridized carbons (Fsp3) is 0.125. The Bertz CT molecular complexity index is 1280. The van der Waals surface area contributed by atoms with E-state index in [0.717, 1.165) is 17.0 Å². The van der Waals surface area contributed by atoms with Gasteiger partial charge in [0.05, 0.1) is 31.4 Å². The fourth-order valence-electron chi connectivity index (χ4n) is 3.73. The number of amides is 1. The minimum absolute atomic E-state index is 0.0430. The molecule has 0 radical (unpaired) electrons. The average molecular weight is 452 g/mol. The predicted molar refractivity (Wildman–Crippen MR) is 115 cm³/mol. The van der Waals surface area contributed by atoms with E-state index in [1.54, 1.807) is 18.2 Å². The Hall–Kier alpha value is -4.27. The van der Waals surface area contributed by atoms with Crippen molar-refractivity contribution in [1.29, 1.82) is 0 Å². The standard InChI is InChI=1S/C24H18F2N2O5/c1-32-15-4-5-16(19(12-15)33-2)22(29)20-21(13-7-9-27-10-8-13)28(24(31)23(20)30)14-3-6-17(25)18(26)11-14/h3-12,21,29H,1-2H3/b22-20-. The lowest BCUT2D eigenvalue weighted by Gasteiger charge is -2.25. The zero-order chi connectivity index (χ0) is 23.7. The first-order valence-electron chi connectivity index (χ1n) is 9.75. The minimum Gasteiger partial charge on any atom is -0.507 e. The molecule has 2 heterocycles. The quantitative estimate of drug-likeness (QED) is 0.358. The number of hydrogen-bond donors (Lipinski definition) is 1. The van der Waals surface area contributed by atoms with Crippen LogP contribution in [0.5, 0.6) is 11.5 Å². The molecule has 33 heavy (non-hydrogen) atoms. The van der Waals surface area contributed by atoms with Gasteiger partial charge in [0.1, 0.15) is 17.3 Å². The van der Waals surface area contributed by atoms with E-state index in [0.29, 0.717) is 11.3 Å². The Morgan fingerprint density at radius 3 is 2.33 bits per heavy atom. The van der Waals surface area contributed by atoms with Crippen molar-refractivity contribution < 1.29 is 33.0 Å². The molecule has 1 saturated heterocycles. The largest absolute Gasteiger partial charge is 0.507 e. The smallest absolute Gasteiger partial charge is 0.300 e. The number of carbonyl (C=O) groups excluding carboxylic acids is 2. The number of aliphatic hydroxyl groups excluding tert-OH is 1. The fourth-order valence-corrected chi connectivity index (χ4v) is 3.73. The Labute approximate surface area is 187 Å². The van der Waals surface area contributed by atoms with E-state index < -0.39 is 35.1 Å². The van der Waals surface area contributed by atoms with Crippen LogP contribution < -0.4 is 14.4 Å². The zero-order valence-electron chi connectivity index (χ0n) is 17.6. The molecular formula is C24H18F2N2O5. The Kier molecular flexibility index (Phi) is 5.78. The maximum Gasteiger partial charge on any atom is 0.300 e. The van der Waals surface area contributed by atoms with Gasteiger partial charge >= 0.3 is 0 Å². The van der Waals surface area contributed by atoms with Gasteiger partial charge in [0.15, 0.2) is 11.6 Å². The molecule has 1 aliphatic heterocycles. The van der Waals surface area contributed by atoms with Gasteiger partial charge < -0.3 is 14.6 Å². The number of pyridine rings is 1. The molecule has 1 aromatic heterocycles. The van der Waals surface area contributed by atoms with Crippen LogP contribution in [0.25, 0.3) is 5.76 Å². The van der Waals surface area contributed by atoms with E-state index in [1.807, 2.05) is 0 Å². The molecule has 0 bridgehead atoms. The molecule has 1 unspecified atom stereocenters. The number of aromatic nitrogens is 1. The van der Waals surface area contributed by atoms with Crippen LogP contribution in [-0.4, -0.2) is 36.0 Å². The van der Waals surface area contributed by atoms with E-state index in [4.69, 9.17) is 9.47 Å². The summed E-state index contributed by atoms with van der Waals surface area (Å²) in [6.45, 7) is 0. The second-order valence-electron chi connectivity index (χ2n) is 7.11. The lowest BCUT2D eigenvalue weighted by molar-refractivity contribution is -0.132. The van der Waals surface area contributed by atoms with E-state index in [1.165, 1.54) is 44.8 Å². The van der Waals surface area contributed by atoms with Crippen molar-refractivity contribution in [3.63, 3.8) is 0 Å². The van der Waals surface area contributed by atoms with Crippen molar-refractivity contribution in [2.45, 2.75) is 6.04 Å². The predicted octanol–water partition coefficient (Wildman–Crippen LogP) is 4.00. The highest BCUT2D eigenvalue weighted by atomic mass is 19.2. The molecule has 7 nitrogen and oxygen atoms in total. The number of carbonyl (C=O) groups is 2. The summed E-state index contributed by atoms with van der Waals surface area (Å²) in [6, 6.07) is 9.43. The van der Waals surface area contributed by atoms with Crippen molar-refractivity contribution in [3.05, 3.63) is 89.3 Å². The van der Waals surface area contributed by atoms with Crippen LogP contribution in [-0.2, 0) is 9.59 Å². The minimum atomic E-state index is -1.18. The van der Waals surface area contributed by atoms with E-state index >= 15 is 0 Å². The number of rotatable bonds is 5. The summed E-state index contributed by atoms with van der Waals surface area (Å²) in [7, 11) is 2.84. The maximum atomic E-state index is 14.0. The number of halogens is 2. The van der Waals surface area contributed by atoms with Gasteiger partial charge in [-0.15, -0.1) is 0 Å². The number of hydrogen-bond acceptors (Lipinski definition) is 6. The van der Waals surface area contributed by atoms with Crippen molar-refractivity contribution in [3.8, 4) is 11.5 Å². The lowest BCUT2D eigenvalue weighted by Crippen LogP contribution is -2.29. The Morgan fingerprint density at radius 2 is 1.70 bits per heavy atom. The summed E-state index contributed by atoms with van der Waals surface area (Å²) >= 11 is 0. The van der Waals surface area contributed by atoms with E-state index in [9.17, 15) is 23.5 Å². The zero-order valence-corrected chi connectivity index (χ0v) is 17.6.